The summed E-state index contributed by atoms with van der Waals surface area (Å²) in [5, 5.41) is 6.85. The molecule has 0 saturated heterocycles. The van der Waals surface area contributed by atoms with E-state index in [1.165, 1.54) is 17.4 Å². The summed E-state index contributed by atoms with van der Waals surface area (Å²) in [5.41, 5.74) is 4.73. The first-order chi connectivity index (χ1) is 14.3. The molecule has 0 unspecified atom stereocenters. The summed E-state index contributed by atoms with van der Waals surface area (Å²) < 4.78 is 1.60. The van der Waals surface area contributed by atoms with Gasteiger partial charge in [-0.1, -0.05) is 23.7 Å². The van der Waals surface area contributed by atoms with Gasteiger partial charge in [0.25, 0.3) is 5.56 Å². The van der Waals surface area contributed by atoms with Crippen molar-refractivity contribution in [1.82, 2.24) is 19.6 Å². The molecular formula is C21H20ClN5O2S. The van der Waals surface area contributed by atoms with Crippen LogP contribution >= 0.6 is 22.9 Å². The van der Waals surface area contributed by atoms with Crippen molar-refractivity contribution in [2.75, 3.05) is 5.32 Å². The maximum atomic E-state index is 12.6. The largest absolute Gasteiger partial charge is 0.302 e. The van der Waals surface area contributed by atoms with Crippen LogP contribution in [0.1, 0.15) is 33.0 Å². The van der Waals surface area contributed by atoms with E-state index in [0.717, 1.165) is 38.0 Å². The molecule has 0 bridgehead atoms. The number of hydrogen-bond donors (Lipinski definition) is 2. The molecule has 0 saturated carbocycles. The van der Waals surface area contributed by atoms with Crippen LogP contribution in [0.2, 0.25) is 5.02 Å². The lowest BCUT2D eigenvalue weighted by Gasteiger charge is -2.11. The zero-order valence-corrected chi connectivity index (χ0v) is 18.3. The predicted molar refractivity (Wildman–Crippen MR) is 119 cm³/mol. The average Bonchev–Trinajstić information content (AvgIpc) is 3.27. The number of carbonyl (C=O) groups excluding carboxylic acids is 1. The van der Waals surface area contributed by atoms with E-state index in [1.807, 2.05) is 39.0 Å². The van der Waals surface area contributed by atoms with Crippen molar-refractivity contribution >= 4 is 39.6 Å². The van der Waals surface area contributed by atoms with Crippen molar-refractivity contribution in [2.24, 2.45) is 0 Å². The second-order valence-corrected chi connectivity index (χ2v) is 8.71. The Morgan fingerprint density at radius 2 is 2.07 bits per heavy atom. The van der Waals surface area contributed by atoms with Gasteiger partial charge in [-0.15, -0.1) is 11.3 Å². The lowest BCUT2D eigenvalue weighted by atomic mass is 10.1. The highest BCUT2D eigenvalue weighted by Gasteiger charge is 2.15. The number of hydrogen-bond acceptors (Lipinski definition) is 5. The van der Waals surface area contributed by atoms with Gasteiger partial charge in [-0.3, -0.25) is 14.7 Å². The SMILES string of the molecule is Cc1ccc(Cc2cnc(NC(=O)Cc3c(C)nc4cc(=O)[nH]n4c3C)s2)cc1Cl. The maximum absolute atomic E-state index is 12.6. The number of carbonyl (C=O) groups is 1. The molecule has 1 amide bonds. The first kappa shape index (κ1) is 20.3. The van der Waals surface area contributed by atoms with Gasteiger partial charge < -0.3 is 5.32 Å². The van der Waals surface area contributed by atoms with Crippen molar-refractivity contribution < 1.29 is 4.79 Å². The van der Waals surface area contributed by atoms with Gasteiger partial charge >= 0.3 is 0 Å². The summed E-state index contributed by atoms with van der Waals surface area (Å²) in [6.45, 7) is 5.66. The lowest BCUT2D eigenvalue weighted by Crippen LogP contribution is -2.17. The molecule has 0 aliphatic rings. The van der Waals surface area contributed by atoms with Crippen LogP contribution in [0.5, 0.6) is 0 Å². The molecule has 2 N–H and O–H groups in total. The molecule has 30 heavy (non-hydrogen) atoms. The number of rotatable bonds is 5. The number of nitrogens with zero attached hydrogens (tertiary/aromatic N) is 3. The van der Waals surface area contributed by atoms with E-state index in [2.05, 4.69) is 20.4 Å². The van der Waals surface area contributed by atoms with Crippen LogP contribution in [-0.4, -0.2) is 25.5 Å². The lowest BCUT2D eigenvalue weighted by molar-refractivity contribution is -0.115. The topological polar surface area (TPSA) is 92.2 Å². The number of amides is 1. The smallest absolute Gasteiger partial charge is 0.266 e. The minimum atomic E-state index is -0.225. The third kappa shape index (κ3) is 4.15. The van der Waals surface area contributed by atoms with Gasteiger partial charge in [0.05, 0.1) is 6.42 Å². The Morgan fingerprint density at radius 1 is 1.27 bits per heavy atom. The predicted octanol–water partition coefficient (Wildman–Crippen LogP) is 3.83. The third-order valence-electron chi connectivity index (χ3n) is 4.95. The summed E-state index contributed by atoms with van der Waals surface area (Å²) >= 11 is 7.64. The third-order valence-corrected chi connectivity index (χ3v) is 6.27. The van der Waals surface area contributed by atoms with Crippen LogP contribution in [0.25, 0.3) is 5.65 Å². The Labute approximate surface area is 181 Å². The van der Waals surface area contributed by atoms with E-state index in [0.29, 0.717) is 17.2 Å². The molecule has 0 fully saturated rings. The number of aromatic nitrogens is 4. The van der Waals surface area contributed by atoms with Crippen LogP contribution in [-0.2, 0) is 17.6 Å². The fraction of sp³-hybridized carbons (Fsp3) is 0.238. The van der Waals surface area contributed by atoms with Crippen molar-refractivity contribution in [3.63, 3.8) is 0 Å². The summed E-state index contributed by atoms with van der Waals surface area (Å²) in [7, 11) is 0. The van der Waals surface area contributed by atoms with E-state index in [9.17, 15) is 9.59 Å². The first-order valence-corrected chi connectivity index (χ1v) is 10.6. The molecule has 9 heteroatoms. The fourth-order valence-corrected chi connectivity index (χ4v) is 4.40. The second kappa shape index (κ2) is 8.04. The van der Waals surface area contributed by atoms with Crippen LogP contribution < -0.4 is 10.9 Å². The van der Waals surface area contributed by atoms with Crippen LogP contribution in [0.3, 0.4) is 0 Å². The van der Waals surface area contributed by atoms with Crippen molar-refractivity contribution in [2.45, 2.75) is 33.6 Å². The van der Waals surface area contributed by atoms with Crippen molar-refractivity contribution in [3.05, 3.63) is 78.8 Å². The summed E-state index contributed by atoms with van der Waals surface area (Å²) in [4.78, 5) is 34.0. The minimum absolute atomic E-state index is 0.142. The number of aromatic amines is 1. The number of fused-ring (bicyclic) bond motifs is 1. The number of benzene rings is 1. The Morgan fingerprint density at radius 3 is 2.83 bits per heavy atom. The molecule has 0 aliphatic carbocycles. The highest BCUT2D eigenvalue weighted by molar-refractivity contribution is 7.15. The number of anilines is 1. The Kier molecular flexibility index (Phi) is 5.44. The van der Waals surface area contributed by atoms with Gasteiger partial charge in [0.1, 0.15) is 0 Å². The van der Waals surface area contributed by atoms with Gasteiger partial charge in [0.15, 0.2) is 10.8 Å². The maximum Gasteiger partial charge on any atom is 0.266 e. The van der Waals surface area contributed by atoms with Gasteiger partial charge in [-0.25, -0.2) is 14.5 Å². The van der Waals surface area contributed by atoms with Crippen LogP contribution in [0, 0.1) is 20.8 Å². The van der Waals surface area contributed by atoms with E-state index in [4.69, 9.17) is 11.6 Å². The Bertz CT molecular complexity index is 1320. The Balaban J connectivity index is 1.47. The zero-order valence-electron chi connectivity index (χ0n) is 16.7. The average molecular weight is 442 g/mol. The van der Waals surface area contributed by atoms with Gasteiger partial charge in [-0.2, -0.15) is 0 Å². The molecule has 0 atom stereocenters. The normalized spacial score (nSPS) is 11.2. The minimum Gasteiger partial charge on any atom is -0.302 e. The highest BCUT2D eigenvalue weighted by atomic mass is 35.5. The van der Waals surface area contributed by atoms with E-state index in [-0.39, 0.29) is 17.9 Å². The molecule has 0 radical (unpaired) electrons. The molecule has 4 aromatic rings. The molecule has 1 aromatic carbocycles. The number of thiazole rings is 1. The number of halogens is 1. The summed E-state index contributed by atoms with van der Waals surface area (Å²) in [5.74, 6) is -0.184. The number of nitrogens with one attached hydrogen (secondary N) is 2. The summed E-state index contributed by atoms with van der Waals surface area (Å²) in [6.07, 6.45) is 2.61. The quantitative estimate of drug-likeness (QED) is 0.492. The molecule has 0 aliphatic heterocycles. The molecule has 154 valence electrons. The van der Waals surface area contributed by atoms with E-state index in [1.54, 1.807) is 10.7 Å². The summed E-state index contributed by atoms with van der Waals surface area (Å²) in [6, 6.07) is 7.42. The van der Waals surface area contributed by atoms with Crippen LogP contribution in [0.4, 0.5) is 5.13 Å². The molecule has 3 aromatic heterocycles. The zero-order chi connectivity index (χ0) is 21.4. The van der Waals surface area contributed by atoms with Crippen molar-refractivity contribution in [3.8, 4) is 0 Å². The van der Waals surface area contributed by atoms with E-state index >= 15 is 0 Å². The molecule has 3 heterocycles. The first-order valence-electron chi connectivity index (χ1n) is 9.37. The van der Waals surface area contributed by atoms with E-state index < -0.39 is 0 Å². The van der Waals surface area contributed by atoms with Crippen LogP contribution in [0.15, 0.2) is 35.3 Å². The molecule has 4 rings (SSSR count). The molecular weight excluding hydrogens is 422 g/mol. The standard InChI is InChI=1S/C21H20ClN5O2S/c1-11-4-5-14(7-17(11)22)6-15-10-23-21(30-15)25-19(28)8-16-12(2)24-18-9-20(29)26-27(18)13(16)3/h4-5,7,9-10H,6,8H2,1-3H3,(H,26,29)(H,23,25,28). The van der Waals surface area contributed by atoms with Gasteiger partial charge in [-0.05, 0) is 38.0 Å². The highest BCUT2D eigenvalue weighted by Crippen LogP contribution is 2.24. The molecule has 7 nitrogen and oxygen atoms in total. The van der Waals surface area contributed by atoms with Crippen molar-refractivity contribution in [1.29, 1.82) is 0 Å². The number of aryl methyl sites for hydroxylation is 3. The number of H-pyrrole nitrogens is 1. The monoisotopic (exact) mass is 441 g/mol. The van der Waals surface area contributed by atoms with Gasteiger partial charge in [0, 0.05) is 45.5 Å². The molecule has 0 spiro atoms. The Hall–Kier alpha value is -2.97. The second-order valence-electron chi connectivity index (χ2n) is 7.19. The fourth-order valence-electron chi connectivity index (χ4n) is 3.33. The van der Waals surface area contributed by atoms with Gasteiger partial charge in [0.2, 0.25) is 5.91 Å².